The predicted molar refractivity (Wildman–Crippen MR) is 120 cm³/mol. The van der Waals surface area contributed by atoms with Gasteiger partial charge >= 0.3 is 5.97 Å². The topological polar surface area (TPSA) is 97.3 Å². The maximum Gasteiger partial charge on any atom is 0.356 e. The molecule has 1 aliphatic rings. The van der Waals surface area contributed by atoms with Gasteiger partial charge in [0.2, 0.25) is 5.95 Å². The molecule has 0 spiro atoms. The van der Waals surface area contributed by atoms with Crippen LogP contribution in [0, 0.1) is 12.7 Å². The van der Waals surface area contributed by atoms with Crippen molar-refractivity contribution in [3.63, 3.8) is 0 Å². The fourth-order valence-corrected chi connectivity index (χ4v) is 3.74. The molecule has 0 atom stereocenters. The van der Waals surface area contributed by atoms with E-state index in [-0.39, 0.29) is 23.5 Å². The molecule has 2 aromatic heterocycles. The third-order valence-corrected chi connectivity index (χ3v) is 5.50. The first-order valence-electron chi connectivity index (χ1n) is 10.6. The van der Waals surface area contributed by atoms with E-state index in [1.165, 1.54) is 25.4 Å². The number of piperidine rings is 1. The number of anilines is 1. The second kappa shape index (κ2) is 9.72. The van der Waals surface area contributed by atoms with E-state index in [2.05, 4.69) is 20.3 Å². The van der Waals surface area contributed by atoms with Gasteiger partial charge in [-0.2, -0.15) is 0 Å². The molecule has 3 heterocycles. The van der Waals surface area contributed by atoms with E-state index >= 15 is 0 Å². The summed E-state index contributed by atoms with van der Waals surface area (Å²) in [5.74, 6) is -0.551. The summed E-state index contributed by atoms with van der Waals surface area (Å²) < 4.78 is 18.2. The molecule has 1 N–H and O–H groups in total. The lowest BCUT2D eigenvalue weighted by molar-refractivity contribution is 0.0593. The SMILES string of the molecule is COC(=O)c1cc(C)nc(N2CCC(NC(=O)c3ccc(-c4cccc(F)c4)nc3)CC2)n1. The fraction of sp³-hybridized carbons (Fsp3) is 0.292. The molecule has 0 unspecified atom stereocenters. The molecule has 4 rings (SSSR count). The lowest BCUT2D eigenvalue weighted by Gasteiger charge is -2.32. The summed E-state index contributed by atoms with van der Waals surface area (Å²) in [5, 5.41) is 3.05. The van der Waals surface area contributed by atoms with Gasteiger partial charge in [-0.1, -0.05) is 12.1 Å². The average molecular weight is 449 g/mol. The molecule has 0 aliphatic carbocycles. The first kappa shape index (κ1) is 22.3. The summed E-state index contributed by atoms with van der Waals surface area (Å²) in [5.41, 5.74) is 2.61. The summed E-state index contributed by atoms with van der Waals surface area (Å²) in [4.78, 5) is 39.5. The highest BCUT2D eigenvalue weighted by molar-refractivity contribution is 5.94. The fourth-order valence-electron chi connectivity index (χ4n) is 3.74. The quantitative estimate of drug-likeness (QED) is 0.598. The zero-order chi connectivity index (χ0) is 23.4. The van der Waals surface area contributed by atoms with Crippen molar-refractivity contribution in [3.05, 3.63) is 71.4 Å². The number of nitrogens with zero attached hydrogens (tertiary/aromatic N) is 4. The Morgan fingerprint density at radius 1 is 1.12 bits per heavy atom. The van der Waals surface area contributed by atoms with Gasteiger partial charge in [-0.05, 0) is 50.1 Å². The van der Waals surface area contributed by atoms with Gasteiger partial charge in [0.15, 0.2) is 5.69 Å². The van der Waals surface area contributed by atoms with Crippen molar-refractivity contribution < 1.29 is 18.7 Å². The molecule has 0 radical (unpaired) electrons. The van der Waals surface area contributed by atoms with Gasteiger partial charge in [-0.15, -0.1) is 0 Å². The van der Waals surface area contributed by atoms with Gasteiger partial charge in [0.1, 0.15) is 5.82 Å². The summed E-state index contributed by atoms with van der Waals surface area (Å²) in [7, 11) is 1.32. The number of aryl methyl sites for hydroxylation is 1. The minimum atomic E-state index is -0.499. The molecule has 33 heavy (non-hydrogen) atoms. The lowest BCUT2D eigenvalue weighted by atomic mass is 10.0. The Morgan fingerprint density at radius 2 is 1.91 bits per heavy atom. The van der Waals surface area contributed by atoms with Crippen LogP contribution in [-0.2, 0) is 4.74 Å². The third-order valence-electron chi connectivity index (χ3n) is 5.50. The number of halogens is 1. The monoisotopic (exact) mass is 449 g/mol. The molecule has 9 heteroatoms. The van der Waals surface area contributed by atoms with Crippen LogP contribution in [0.1, 0.15) is 39.4 Å². The summed E-state index contributed by atoms with van der Waals surface area (Å²) >= 11 is 0. The number of aromatic nitrogens is 3. The molecule has 1 aliphatic heterocycles. The Bertz CT molecular complexity index is 1160. The van der Waals surface area contributed by atoms with Crippen LogP contribution in [0.2, 0.25) is 0 Å². The molecule has 170 valence electrons. The van der Waals surface area contributed by atoms with Gasteiger partial charge in [-0.25, -0.2) is 19.2 Å². The molecule has 0 saturated carbocycles. The second-order valence-electron chi connectivity index (χ2n) is 7.86. The maximum atomic E-state index is 13.4. The van der Waals surface area contributed by atoms with Crippen LogP contribution in [-0.4, -0.2) is 53.1 Å². The zero-order valence-corrected chi connectivity index (χ0v) is 18.4. The van der Waals surface area contributed by atoms with Gasteiger partial charge in [-0.3, -0.25) is 9.78 Å². The average Bonchev–Trinajstić information content (AvgIpc) is 2.83. The van der Waals surface area contributed by atoms with Crippen LogP contribution in [0.25, 0.3) is 11.3 Å². The Hall–Kier alpha value is -3.88. The zero-order valence-electron chi connectivity index (χ0n) is 18.4. The van der Waals surface area contributed by atoms with E-state index in [1.54, 1.807) is 37.3 Å². The highest BCUT2D eigenvalue weighted by Gasteiger charge is 2.24. The second-order valence-corrected chi connectivity index (χ2v) is 7.86. The van der Waals surface area contributed by atoms with Crippen molar-refractivity contribution in [3.8, 4) is 11.3 Å². The number of benzene rings is 1. The summed E-state index contributed by atoms with van der Waals surface area (Å²) in [6.07, 6.45) is 2.93. The Balaban J connectivity index is 1.35. The van der Waals surface area contributed by atoms with Crippen molar-refractivity contribution >= 4 is 17.8 Å². The molecule has 1 fully saturated rings. The van der Waals surface area contributed by atoms with Crippen molar-refractivity contribution in [1.82, 2.24) is 20.3 Å². The first-order valence-corrected chi connectivity index (χ1v) is 10.6. The molecule has 0 bridgehead atoms. The molecule has 1 saturated heterocycles. The minimum Gasteiger partial charge on any atom is -0.464 e. The number of hydrogen-bond donors (Lipinski definition) is 1. The number of pyridine rings is 1. The number of carbonyl (C=O) groups is 2. The normalized spacial score (nSPS) is 14.1. The maximum absolute atomic E-state index is 13.4. The van der Waals surface area contributed by atoms with E-state index in [4.69, 9.17) is 4.74 Å². The van der Waals surface area contributed by atoms with Crippen molar-refractivity contribution in [1.29, 1.82) is 0 Å². The largest absolute Gasteiger partial charge is 0.464 e. The molecular weight excluding hydrogens is 425 g/mol. The highest BCUT2D eigenvalue weighted by Crippen LogP contribution is 2.20. The number of carbonyl (C=O) groups excluding carboxylic acids is 2. The lowest BCUT2D eigenvalue weighted by Crippen LogP contribution is -2.45. The number of nitrogens with one attached hydrogen (secondary N) is 1. The van der Waals surface area contributed by atoms with Crippen LogP contribution < -0.4 is 10.2 Å². The van der Waals surface area contributed by atoms with Gasteiger partial charge < -0.3 is 15.0 Å². The number of esters is 1. The third kappa shape index (κ3) is 5.31. The van der Waals surface area contributed by atoms with Crippen molar-refractivity contribution in [2.75, 3.05) is 25.1 Å². The van der Waals surface area contributed by atoms with E-state index in [1.807, 2.05) is 4.90 Å². The van der Waals surface area contributed by atoms with Crippen LogP contribution in [0.4, 0.5) is 10.3 Å². The Labute approximate surface area is 190 Å². The van der Waals surface area contributed by atoms with Gasteiger partial charge in [0.25, 0.3) is 5.91 Å². The van der Waals surface area contributed by atoms with Crippen LogP contribution in [0.15, 0.2) is 48.7 Å². The summed E-state index contributed by atoms with van der Waals surface area (Å²) in [6.45, 7) is 3.09. The van der Waals surface area contributed by atoms with E-state index in [0.717, 1.165) is 0 Å². The predicted octanol–water partition coefficient (Wildman–Crippen LogP) is 3.17. The number of amides is 1. The van der Waals surface area contributed by atoms with E-state index < -0.39 is 5.97 Å². The Morgan fingerprint density at radius 3 is 2.58 bits per heavy atom. The van der Waals surface area contributed by atoms with Gasteiger partial charge in [0, 0.05) is 36.6 Å². The summed E-state index contributed by atoms with van der Waals surface area (Å²) in [6, 6.07) is 11.2. The van der Waals surface area contributed by atoms with Crippen LogP contribution >= 0.6 is 0 Å². The molecule has 8 nitrogen and oxygen atoms in total. The number of rotatable bonds is 5. The molecular formula is C24H24FN5O3. The van der Waals surface area contributed by atoms with Crippen molar-refractivity contribution in [2.45, 2.75) is 25.8 Å². The minimum absolute atomic E-state index is 0.00142. The van der Waals surface area contributed by atoms with Crippen LogP contribution in [0.3, 0.4) is 0 Å². The van der Waals surface area contributed by atoms with Gasteiger partial charge in [0.05, 0.1) is 18.4 Å². The van der Waals surface area contributed by atoms with Crippen LogP contribution in [0.5, 0.6) is 0 Å². The van der Waals surface area contributed by atoms with Crippen molar-refractivity contribution in [2.24, 2.45) is 0 Å². The highest BCUT2D eigenvalue weighted by atomic mass is 19.1. The van der Waals surface area contributed by atoms with E-state index in [0.29, 0.717) is 54.4 Å². The Kier molecular flexibility index (Phi) is 6.58. The molecule has 3 aromatic rings. The first-order chi connectivity index (χ1) is 15.9. The number of methoxy groups -OCH3 is 1. The number of ether oxygens (including phenoxy) is 1. The smallest absolute Gasteiger partial charge is 0.356 e. The molecule has 1 aromatic carbocycles. The molecule has 1 amide bonds. The number of hydrogen-bond acceptors (Lipinski definition) is 7. The van der Waals surface area contributed by atoms with E-state index in [9.17, 15) is 14.0 Å². The standard InChI is InChI=1S/C24H24FN5O3/c1-15-12-21(23(32)33-2)29-24(27-15)30-10-8-19(9-11-30)28-22(31)17-6-7-20(26-14-17)16-4-3-5-18(25)13-16/h3-7,12-14,19H,8-11H2,1-2H3,(H,28,31).